The highest BCUT2D eigenvalue weighted by Gasteiger charge is 2.16. The highest BCUT2D eigenvalue weighted by atomic mass is 32.2. The summed E-state index contributed by atoms with van der Waals surface area (Å²) >= 11 is 0. The van der Waals surface area contributed by atoms with Crippen molar-refractivity contribution in [3.05, 3.63) is 36.4 Å². The van der Waals surface area contributed by atoms with Crippen LogP contribution in [0.3, 0.4) is 0 Å². The molecule has 0 aromatic heterocycles. The van der Waals surface area contributed by atoms with Crippen molar-refractivity contribution < 1.29 is 8.42 Å². The maximum absolute atomic E-state index is 12.6. The lowest BCUT2D eigenvalue weighted by Crippen LogP contribution is -2.25. The Morgan fingerprint density at radius 2 is 1.67 bits per heavy atom. The van der Waals surface area contributed by atoms with Crippen molar-refractivity contribution in [2.45, 2.75) is 56.8 Å². The number of sulfonamides is 1. The van der Waals surface area contributed by atoms with Crippen LogP contribution >= 0.6 is 0 Å². The van der Waals surface area contributed by atoms with E-state index in [-0.39, 0.29) is 0 Å². The highest BCUT2D eigenvalue weighted by molar-refractivity contribution is 7.89. The molecule has 0 aliphatic rings. The summed E-state index contributed by atoms with van der Waals surface area (Å²) in [6.45, 7) is 2.69. The number of nitrogens with one attached hydrogen (secondary N) is 1. The quantitative estimate of drug-likeness (QED) is 0.492. The van der Waals surface area contributed by atoms with E-state index in [1.807, 2.05) is 6.07 Å². The predicted molar refractivity (Wildman–Crippen MR) is 102 cm³/mol. The normalized spacial score (nSPS) is 11.9. The Morgan fingerprint density at radius 1 is 0.958 bits per heavy atom. The molecule has 2 rings (SSSR count). The first-order valence-corrected chi connectivity index (χ1v) is 10.3. The minimum absolute atomic E-state index is 0.322. The monoisotopic (exact) mass is 348 g/mol. The fourth-order valence-corrected chi connectivity index (χ4v) is 4.17. The van der Waals surface area contributed by atoms with E-state index in [2.05, 4.69) is 11.6 Å². The third kappa shape index (κ3) is 5.21. The van der Waals surface area contributed by atoms with E-state index in [1.165, 1.54) is 32.1 Å². The summed E-state index contributed by atoms with van der Waals surface area (Å²) in [5.41, 5.74) is 6.41. The van der Waals surface area contributed by atoms with Crippen molar-refractivity contribution in [1.29, 1.82) is 0 Å². The first-order chi connectivity index (χ1) is 11.5. The molecule has 3 N–H and O–H groups in total. The van der Waals surface area contributed by atoms with E-state index >= 15 is 0 Å². The van der Waals surface area contributed by atoms with Crippen LogP contribution in [0.5, 0.6) is 0 Å². The smallest absolute Gasteiger partial charge is 0.241 e. The predicted octanol–water partition coefficient (Wildman–Crippen LogP) is 4.45. The van der Waals surface area contributed by atoms with Crippen LogP contribution in [0.2, 0.25) is 0 Å². The Balaban J connectivity index is 1.91. The molecule has 0 bridgehead atoms. The van der Waals surface area contributed by atoms with Gasteiger partial charge in [-0.25, -0.2) is 13.1 Å². The fraction of sp³-hybridized carbons (Fsp3) is 0.474. The molecule has 0 heterocycles. The zero-order chi connectivity index (χ0) is 17.4. The van der Waals surface area contributed by atoms with Gasteiger partial charge in [0.1, 0.15) is 0 Å². The Kier molecular flexibility index (Phi) is 7.06. The lowest BCUT2D eigenvalue weighted by molar-refractivity contribution is 0.564. The van der Waals surface area contributed by atoms with Crippen LogP contribution < -0.4 is 10.5 Å². The van der Waals surface area contributed by atoms with Crippen molar-refractivity contribution in [3.8, 4) is 0 Å². The molecule has 0 aliphatic heterocycles. The number of benzene rings is 2. The van der Waals surface area contributed by atoms with E-state index < -0.39 is 10.0 Å². The fourth-order valence-electron chi connectivity index (χ4n) is 2.87. The Morgan fingerprint density at radius 3 is 2.42 bits per heavy atom. The van der Waals surface area contributed by atoms with Gasteiger partial charge in [0, 0.05) is 17.6 Å². The molecule has 4 nitrogen and oxygen atoms in total. The average Bonchev–Trinajstić information content (AvgIpc) is 2.56. The number of unbranched alkanes of at least 4 members (excludes halogenated alkanes) is 6. The summed E-state index contributed by atoms with van der Waals surface area (Å²) in [7, 11) is -3.49. The number of rotatable bonds is 10. The van der Waals surface area contributed by atoms with Crippen LogP contribution in [0.4, 0.5) is 5.69 Å². The van der Waals surface area contributed by atoms with Crippen LogP contribution in [-0.2, 0) is 10.0 Å². The summed E-state index contributed by atoms with van der Waals surface area (Å²) < 4.78 is 27.9. The number of hydrogen-bond donors (Lipinski definition) is 2. The first-order valence-electron chi connectivity index (χ1n) is 8.82. The van der Waals surface area contributed by atoms with Crippen LogP contribution in [0, 0.1) is 0 Å². The second-order valence-electron chi connectivity index (χ2n) is 6.26. The lowest BCUT2D eigenvalue weighted by Gasteiger charge is -2.10. The van der Waals surface area contributed by atoms with Crippen molar-refractivity contribution in [2.24, 2.45) is 0 Å². The van der Waals surface area contributed by atoms with Gasteiger partial charge in [0.2, 0.25) is 10.0 Å². The van der Waals surface area contributed by atoms with Crippen molar-refractivity contribution in [3.63, 3.8) is 0 Å². The first kappa shape index (κ1) is 18.7. The summed E-state index contributed by atoms with van der Waals surface area (Å²) in [5, 5.41) is 1.55. The van der Waals surface area contributed by atoms with Gasteiger partial charge in [0.05, 0.1) is 4.90 Å². The molecule has 0 saturated carbocycles. The van der Waals surface area contributed by atoms with E-state index in [0.717, 1.165) is 18.2 Å². The molecular formula is C19H28N2O2S. The number of anilines is 1. The third-order valence-electron chi connectivity index (χ3n) is 4.23. The molecule has 5 heteroatoms. The zero-order valence-corrected chi connectivity index (χ0v) is 15.2. The van der Waals surface area contributed by atoms with E-state index in [4.69, 9.17) is 5.73 Å². The van der Waals surface area contributed by atoms with Gasteiger partial charge in [0.25, 0.3) is 0 Å². The van der Waals surface area contributed by atoms with E-state index in [1.54, 1.807) is 30.3 Å². The van der Waals surface area contributed by atoms with Gasteiger partial charge < -0.3 is 5.73 Å². The molecular weight excluding hydrogens is 320 g/mol. The van der Waals surface area contributed by atoms with Gasteiger partial charge in [-0.15, -0.1) is 0 Å². The molecule has 2 aromatic carbocycles. The molecule has 0 amide bonds. The Bertz CT molecular complexity index is 757. The molecule has 0 atom stereocenters. The third-order valence-corrected chi connectivity index (χ3v) is 5.75. The summed E-state index contributed by atoms with van der Waals surface area (Å²) in [6.07, 6.45) is 8.18. The van der Waals surface area contributed by atoms with Crippen LogP contribution in [0.1, 0.15) is 51.9 Å². The largest absolute Gasteiger partial charge is 0.399 e. The van der Waals surface area contributed by atoms with Crippen molar-refractivity contribution in [2.75, 3.05) is 12.3 Å². The number of nitrogen functional groups attached to an aromatic ring is 1. The van der Waals surface area contributed by atoms with Crippen molar-refractivity contribution in [1.82, 2.24) is 4.72 Å². The summed E-state index contributed by atoms with van der Waals surface area (Å²) in [6, 6.07) is 10.6. The second-order valence-corrected chi connectivity index (χ2v) is 7.99. The summed E-state index contributed by atoms with van der Waals surface area (Å²) in [4.78, 5) is 0.322. The molecule has 0 unspecified atom stereocenters. The van der Waals surface area contributed by atoms with E-state index in [0.29, 0.717) is 22.5 Å². The Hall–Kier alpha value is -1.59. The van der Waals surface area contributed by atoms with Gasteiger partial charge in [-0.3, -0.25) is 0 Å². The van der Waals surface area contributed by atoms with Crippen LogP contribution in [0.25, 0.3) is 10.8 Å². The number of hydrogen-bond acceptors (Lipinski definition) is 3. The summed E-state index contributed by atoms with van der Waals surface area (Å²) in [5.74, 6) is 0. The molecule has 2 aromatic rings. The van der Waals surface area contributed by atoms with Crippen molar-refractivity contribution >= 4 is 26.5 Å². The Labute approximate surface area is 145 Å². The minimum atomic E-state index is -3.49. The lowest BCUT2D eigenvalue weighted by atomic mass is 10.1. The standard InChI is InChI=1S/C19H28N2O2S/c1-2-3-4-5-6-7-8-14-21-24(22,23)19-11-9-10-16-15-17(20)12-13-18(16)19/h9-13,15,21H,2-8,14,20H2,1H3. The maximum atomic E-state index is 12.6. The van der Waals surface area contributed by atoms with Crippen LogP contribution in [-0.4, -0.2) is 15.0 Å². The minimum Gasteiger partial charge on any atom is -0.399 e. The van der Waals surface area contributed by atoms with Crippen LogP contribution in [0.15, 0.2) is 41.3 Å². The van der Waals surface area contributed by atoms with E-state index in [9.17, 15) is 8.42 Å². The number of nitrogens with two attached hydrogens (primary N) is 1. The molecule has 0 spiro atoms. The molecule has 132 valence electrons. The second kappa shape index (κ2) is 9.04. The van der Waals surface area contributed by atoms with Gasteiger partial charge in [-0.05, 0) is 30.0 Å². The zero-order valence-electron chi connectivity index (χ0n) is 14.4. The number of fused-ring (bicyclic) bond motifs is 1. The molecule has 24 heavy (non-hydrogen) atoms. The van der Waals surface area contributed by atoms with Gasteiger partial charge in [0.15, 0.2) is 0 Å². The molecule has 0 saturated heterocycles. The topological polar surface area (TPSA) is 72.2 Å². The average molecular weight is 349 g/mol. The van der Waals surface area contributed by atoms with Gasteiger partial charge >= 0.3 is 0 Å². The molecule has 0 aliphatic carbocycles. The highest BCUT2D eigenvalue weighted by Crippen LogP contribution is 2.24. The molecule has 0 fully saturated rings. The maximum Gasteiger partial charge on any atom is 0.241 e. The van der Waals surface area contributed by atoms with Gasteiger partial charge in [-0.1, -0.05) is 63.6 Å². The SMILES string of the molecule is CCCCCCCCCNS(=O)(=O)c1cccc2cc(N)ccc12. The molecule has 0 radical (unpaired) electrons. The van der Waals surface area contributed by atoms with Gasteiger partial charge in [-0.2, -0.15) is 0 Å².